The van der Waals surface area contributed by atoms with Crippen LogP contribution in [0.4, 0.5) is 4.39 Å². The number of halogens is 2. The van der Waals surface area contributed by atoms with Gasteiger partial charge in [-0.05, 0) is 37.9 Å². The molecule has 0 aromatic heterocycles. The summed E-state index contributed by atoms with van der Waals surface area (Å²) in [6.07, 6.45) is 1.79. The molecule has 0 aliphatic heterocycles. The molecule has 0 bridgehead atoms. The zero-order valence-corrected chi connectivity index (χ0v) is 11.1. The summed E-state index contributed by atoms with van der Waals surface area (Å²) >= 11 is 6.01. The number of hydrogen-bond acceptors (Lipinski definition) is 1. The topological polar surface area (TPSA) is 12.0 Å². The molecule has 0 saturated carbocycles. The summed E-state index contributed by atoms with van der Waals surface area (Å²) in [5.74, 6) is -0.366. The molecule has 0 radical (unpaired) electrons. The van der Waals surface area contributed by atoms with Gasteiger partial charge in [0.05, 0.1) is 5.02 Å². The molecule has 1 atom stereocenters. The van der Waals surface area contributed by atoms with Crippen molar-refractivity contribution in [2.75, 3.05) is 6.54 Å². The fraction of sp³-hybridized carbons (Fsp3) is 0.429. The van der Waals surface area contributed by atoms with Gasteiger partial charge in [0.25, 0.3) is 0 Å². The summed E-state index contributed by atoms with van der Waals surface area (Å²) in [5.41, 5.74) is 1.86. The smallest absolute Gasteiger partial charge is 0.142 e. The van der Waals surface area contributed by atoms with Gasteiger partial charge in [-0.25, -0.2) is 4.39 Å². The van der Waals surface area contributed by atoms with Gasteiger partial charge in [-0.1, -0.05) is 36.2 Å². The third-order valence-corrected chi connectivity index (χ3v) is 2.95. The fourth-order valence-corrected chi connectivity index (χ4v) is 2.01. The summed E-state index contributed by atoms with van der Waals surface area (Å²) < 4.78 is 13.4. The Hall–Kier alpha value is -0.860. The SMILES string of the molecule is C=C(C)CC(NCCC)c1cccc(F)c1Cl. The highest BCUT2D eigenvalue weighted by Crippen LogP contribution is 2.29. The van der Waals surface area contributed by atoms with Crippen molar-refractivity contribution in [3.05, 3.63) is 46.8 Å². The van der Waals surface area contributed by atoms with Gasteiger partial charge in [-0.3, -0.25) is 0 Å². The first-order chi connectivity index (χ1) is 8.06. The van der Waals surface area contributed by atoms with Crippen molar-refractivity contribution in [3.63, 3.8) is 0 Å². The summed E-state index contributed by atoms with van der Waals surface area (Å²) in [7, 11) is 0. The molecule has 0 aliphatic rings. The van der Waals surface area contributed by atoms with Crippen LogP contribution in [0.5, 0.6) is 0 Å². The third kappa shape index (κ3) is 4.14. The highest BCUT2D eigenvalue weighted by atomic mass is 35.5. The minimum atomic E-state index is -0.366. The quantitative estimate of drug-likeness (QED) is 0.739. The zero-order valence-electron chi connectivity index (χ0n) is 10.4. The van der Waals surface area contributed by atoms with Crippen molar-refractivity contribution >= 4 is 11.6 Å². The van der Waals surface area contributed by atoms with Crippen molar-refractivity contribution in [1.82, 2.24) is 5.32 Å². The van der Waals surface area contributed by atoms with Gasteiger partial charge in [0.15, 0.2) is 0 Å². The van der Waals surface area contributed by atoms with Crippen LogP contribution in [0.25, 0.3) is 0 Å². The second-order valence-electron chi connectivity index (χ2n) is 4.31. The molecule has 1 rings (SSSR count). The molecule has 1 N–H and O–H groups in total. The minimum absolute atomic E-state index is 0.0376. The number of benzene rings is 1. The normalized spacial score (nSPS) is 12.5. The lowest BCUT2D eigenvalue weighted by Gasteiger charge is -2.20. The Morgan fingerprint density at radius 1 is 1.53 bits per heavy atom. The van der Waals surface area contributed by atoms with E-state index in [1.54, 1.807) is 6.07 Å². The summed E-state index contributed by atoms with van der Waals surface area (Å²) in [4.78, 5) is 0. The van der Waals surface area contributed by atoms with Crippen molar-refractivity contribution in [2.24, 2.45) is 0 Å². The highest BCUT2D eigenvalue weighted by molar-refractivity contribution is 6.31. The van der Waals surface area contributed by atoms with Gasteiger partial charge >= 0.3 is 0 Å². The Morgan fingerprint density at radius 2 is 2.24 bits per heavy atom. The molecule has 17 heavy (non-hydrogen) atoms. The zero-order chi connectivity index (χ0) is 12.8. The molecule has 0 spiro atoms. The Balaban J connectivity index is 2.94. The monoisotopic (exact) mass is 255 g/mol. The largest absolute Gasteiger partial charge is 0.310 e. The van der Waals surface area contributed by atoms with E-state index >= 15 is 0 Å². The Bertz CT molecular complexity index is 390. The average molecular weight is 256 g/mol. The highest BCUT2D eigenvalue weighted by Gasteiger charge is 2.16. The summed E-state index contributed by atoms with van der Waals surface area (Å²) in [6.45, 7) is 8.84. The molecule has 94 valence electrons. The van der Waals surface area contributed by atoms with Crippen molar-refractivity contribution < 1.29 is 4.39 Å². The molecule has 1 nitrogen and oxygen atoms in total. The predicted octanol–water partition coefficient (Wildman–Crippen LogP) is 4.49. The van der Waals surface area contributed by atoms with E-state index in [9.17, 15) is 4.39 Å². The number of hydrogen-bond donors (Lipinski definition) is 1. The lowest BCUT2D eigenvalue weighted by molar-refractivity contribution is 0.523. The van der Waals surface area contributed by atoms with Crippen molar-refractivity contribution in [2.45, 2.75) is 32.7 Å². The van der Waals surface area contributed by atoms with Crippen LogP contribution in [0.3, 0.4) is 0 Å². The van der Waals surface area contributed by atoms with Gasteiger partial charge in [0.1, 0.15) is 5.82 Å². The summed E-state index contributed by atoms with van der Waals surface area (Å²) in [6, 6.07) is 4.97. The van der Waals surface area contributed by atoms with Crippen LogP contribution in [0, 0.1) is 5.82 Å². The van der Waals surface area contributed by atoms with Gasteiger partial charge < -0.3 is 5.32 Å². The van der Waals surface area contributed by atoms with Gasteiger partial charge in [-0.15, -0.1) is 6.58 Å². The predicted molar refractivity (Wildman–Crippen MR) is 71.9 cm³/mol. The Labute approximate surface area is 108 Å². The molecule has 0 amide bonds. The van der Waals surface area contributed by atoms with E-state index in [1.807, 2.05) is 13.0 Å². The fourth-order valence-electron chi connectivity index (χ4n) is 1.75. The van der Waals surface area contributed by atoms with E-state index in [0.717, 1.165) is 30.5 Å². The van der Waals surface area contributed by atoms with Crippen LogP contribution in [0.1, 0.15) is 38.3 Å². The number of rotatable bonds is 6. The van der Waals surface area contributed by atoms with Gasteiger partial charge in [0, 0.05) is 6.04 Å². The molecule has 1 unspecified atom stereocenters. The molecule has 0 saturated heterocycles. The van der Waals surface area contributed by atoms with E-state index in [2.05, 4.69) is 18.8 Å². The first-order valence-corrected chi connectivity index (χ1v) is 6.25. The Morgan fingerprint density at radius 3 is 2.82 bits per heavy atom. The second-order valence-corrected chi connectivity index (χ2v) is 4.69. The molecule has 0 fully saturated rings. The molecule has 1 aromatic rings. The van der Waals surface area contributed by atoms with Crippen LogP contribution in [0.2, 0.25) is 5.02 Å². The maximum Gasteiger partial charge on any atom is 0.142 e. The molecular formula is C14H19ClFN. The van der Waals surface area contributed by atoms with E-state index in [4.69, 9.17) is 11.6 Å². The van der Waals surface area contributed by atoms with Gasteiger partial charge in [-0.2, -0.15) is 0 Å². The average Bonchev–Trinajstić information content (AvgIpc) is 2.28. The molecular weight excluding hydrogens is 237 g/mol. The molecule has 3 heteroatoms. The van der Waals surface area contributed by atoms with Crippen molar-refractivity contribution in [3.8, 4) is 0 Å². The standard InChI is InChI=1S/C14H19ClFN/c1-4-8-17-13(9-10(2)3)11-6-5-7-12(16)14(11)15/h5-7,13,17H,2,4,8-9H2,1,3H3. The van der Waals surface area contributed by atoms with Gasteiger partial charge in [0.2, 0.25) is 0 Å². The lowest BCUT2D eigenvalue weighted by atomic mass is 10.00. The van der Waals surface area contributed by atoms with E-state index in [1.165, 1.54) is 6.07 Å². The van der Waals surface area contributed by atoms with E-state index in [0.29, 0.717) is 0 Å². The molecule has 0 heterocycles. The molecule has 0 aliphatic carbocycles. The maximum atomic E-state index is 13.4. The third-order valence-electron chi connectivity index (χ3n) is 2.55. The van der Waals surface area contributed by atoms with E-state index in [-0.39, 0.29) is 16.9 Å². The Kier molecular flexibility index (Phi) is 5.66. The molecule has 1 aromatic carbocycles. The maximum absolute atomic E-state index is 13.4. The first kappa shape index (κ1) is 14.2. The summed E-state index contributed by atoms with van der Waals surface area (Å²) in [5, 5.41) is 3.58. The van der Waals surface area contributed by atoms with Crippen LogP contribution in [-0.2, 0) is 0 Å². The first-order valence-electron chi connectivity index (χ1n) is 5.88. The minimum Gasteiger partial charge on any atom is -0.310 e. The number of nitrogens with one attached hydrogen (secondary N) is 1. The van der Waals surface area contributed by atoms with E-state index < -0.39 is 0 Å². The van der Waals surface area contributed by atoms with Crippen molar-refractivity contribution in [1.29, 1.82) is 0 Å². The van der Waals surface area contributed by atoms with Crippen LogP contribution >= 0.6 is 11.6 Å². The van der Waals surface area contributed by atoms with Crippen LogP contribution in [0.15, 0.2) is 30.4 Å². The second kappa shape index (κ2) is 6.77. The van der Waals surface area contributed by atoms with Crippen LogP contribution < -0.4 is 5.32 Å². The van der Waals surface area contributed by atoms with Crippen LogP contribution in [-0.4, -0.2) is 6.54 Å². The lowest BCUT2D eigenvalue weighted by Crippen LogP contribution is -2.22.